The standard InChI is InChI=1S/O2Te.2O.Ti/c1-3-2;;;. The van der Waals surface area contributed by atoms with Gasteiger partial charge in [-0.25, -0.2) is 0 Å². The van der Waals surface area contributed by atoms with Crippen molar-refractivity contribution in [3.05, 3.63) is 0 Å². The van der Waals surface area contributed by atoms with Gasteiger partial charge in [-0.2, -0.15) is 0 Å². The maximum absolute atomic E-state index is 8.50. The quantitative estimate of drug-likeness (QED) is 0.516. The predicted molar refractivity (Wildman–Crippen MR) is 8.50 cm³/mol. The van der Waals surface area contributed by atoms with Crippen LogP contribution in [-0.4, -0.2) is 20.9 Å². The van der Waals surface area contributed by atoms with Crippen LogP contribution >= 0.6 is 0 Å². The average molecular weight is 239 g/mol. The van der Waals surface area contributed by atoms with E-state index in [1.54, 1.807) is 0 Å². The molecule has 34 valence electrons. The maximum atomic E-state index is 8.50. The Morgan fingerprint density at radius 3 is 1.17 bits per heavy atom. The van der Waals surface area contributed by atoms with E-state index in [2.05, 4.69) is 0 Å². The summed E-state index contributed by atoms with van der Waals surface area (Å²) in [6.07, 6.45) is 0. The van der Waals surface area contributed by atoms with E-state index in [0.717, 1.165) is 0 Å². The first-order valence-corrected chi connectivity index (χ1v) is 3.92. The van der Waals surface area contributed by atoms with Crippen LogP contribution < -0.4 is 0 Å². The van der Waals surface area contributed by atoms with Crippen molar-refractivity contribution in [3.63, 3.8) is 0 Å². The molecule has 0 aliphatic carbocycles. The van der Waals surface area contributed by atoms with Crippen molar-refractivity contribution in [2.75, 3.05) is 0 Å². The molecule has 0 spiro atoms. The molecule has 0 aliphatic rings. The molecule has 6 heteroatoms. The van der Waals surface area contributed by atoms with Crippen molar-refractivity contribution in [2.45, 2.75) is 0 Å². The van der Waals surface area contributed by atoms with Crippen LogP contribution in [0.5, 0.6) is 0 Å². The van der Waals surface area contributed by atoms with E-state index >= 15 is 0 Å². The number of hydrogen-bond donors (Lipinski definition) is 0. The molecule has 4 nitrogen and oxygen atoms in total. The fourth-order valence-electron chi connectivity index (χ4n) is 0. The normalized spacial score (nSPS) is 3.33. The first kappa shape index (κ1) is 9.86. The first-order valence-electron chi connectivity index (χ1n) is 0.742. The Balaban J connectivity index is 0. The van der Waals surface area contributed by atoms with Crippen molar-refractivity contribution in [2.24, 2.45) is 0 Å². The second kappa shape index (κ2) is 17.3. The van der Waals surface area contributed by atoms with Crippen LogP contribution in [-0.2, 0) is 31.9 Å². The Morgan fingerprint density at radius 1 is 1.17 bits per heavy atom. The van der Waals surface area contributed by atoms with Gasteiger partial charge < -0.3 is 0 Å². The molecule has 0 radical (unpaired) electrons. The van der Waals surface area contributed by atoms with E-state index in [1.807, 2.05) is 0 Å². The second-order valence-electron chi connectivity index (χ2n) is 0.151. The number of rotatable bonds is 0. The van der Waals surface area contributed by atoms with Gasteiger partial charge in [0.1, 0.15) is 0 Å². The van der Waals surface area contributed by atoms with E-state index in [4.69, 9.17) is 12.9 Å². The number of hydrogen-bond acceptors (Lipinski definition) is 4. The zero-order chi connectivity index (χ0) is 5.41. The summed E-state index contributed by atoms with van der Waals surface area (Å²) in [4.78, 5) is 0. The van der Waals surface area contributed by atoms with Crippen LogP contribution in [0.2, 0.25) is 0 Å². The molecule has 0 rings (SSSR count). The summed E-state index contributed by atoms with van der Waals surface area (Å²) >= 11 is -4.03. The minimum atomic E-state index is -2.03. The first-order chi connectivity index (χ1) is 2.83. The molecule has 0 saturated carbocycles. The van der Waals surface area contributed by atoms with Crippen LogP contribution in [0, 0.1) is 0 Å². The summed E-state index contributed by atoms with van der Waals surface area (Å²) in [5.41, 5.74) is 0. The van der Waals surface area contributed by atoms with Crippen LogP contribution in [0.3, 0.4) is 0 Å². The van der Waals surface area contributed by atoms with Crippen molar-refractivity contribution >= 4 is 20.9 Å². The molecule has 6 heavy (non-hydrogen) atoms. The van der Waals surface area contributed by atoms with Gasteiger partial charge in [-0.05, 0) is 0 Å². The summed E-state index contributed by atoms with van der Waals surface area (Å²) < 4.78 is 34.0. The Kier molecular flexibility index (Phi) is 28.4. The third kappa shape index (κ3) is 130. The summed E-state index contributed by atoms with van der Waals surface area (Å²) in [6.45, 7) is 0. The van der Waals surface area contributed by atoms with Crippen molar-refractivity contribution in [1.29, 1.82) is 0 Å². The van der Waals surface area contributed by atoms with Crippen molar-refractivity contribution < 1.29 is 31.9 Å². The van der Waals surface area contributed by atoms with Gasteiger partial charge in [0.2, 0.25) is 0 Å². The molecule has 0 aromatic heterocycles. The second-order valence-corrected chi connectivity index (χ2v) is 0.800. The van der Waals surface area contributed by atoms with Gasteiger partial charge in [-0.3, -0.25) is 0 Å². The van der Waals surface area contributed by atoms with Crippen LogP contribution in [0.25, 0.3) is 0 Å². The van der Waals surface area contributed by atoms with Gasteiger partial charge in [0.05, 0.1) is 0 Å². The third-order valence-corrected chi connectivity index (χ3v) is 0. The predicted octanol–water partition coefficient (Wildman–Crippen LogP) is -0.859. The molecule has 0 aromatic carbocycles. The fraction of sp³-hybridized carbons (Fsp3) is 0. The zero-order valence-electron chi connectivity index (χ0n) is 2.54. The Hall–Kier alpha value is 0.704. The topological polar surface area (TPSA) is 68.3 Å². The molecule has 0 heterocycles. The van der Waals surface area contributed by atoms with Gasteiger partial charge in [0, 0.05) is 0 Å². The molecule has 0 N–H and O–H groups in total. The molecule has 0 saturated heterocycles. The van der Waals surface area contributed by atoms with Crippen molar-refractivity contribution in [1.82, 2.24) is 0 Å². The molecule has 0 amide bonds. The van der Waals surface area contributed by atoms with E-state index in [9.17, 15) is 0 Å². The Bertz CT molecular complexity index is 61.5. The molecule has 0 unspecified atom stereocenters. The van der Waals surface area contributed by atoms with Gasteiger partial charge >= 0.3 is 52.8 Å². The Morgan fingerprint density at radius 2 is 1.17 bits per heavy atom. The van der Waals surface area contributed by atoms with E-state index in [-0.39, 0.29) is 0 Å². The van der Waals surface area contributed by atoms with Gasteiger partial charge in [0.15, 0.2) is 0 Å². The molecule has 0 fully saturated rings. The molecule has 0 aliphatic heterocycles. The van der Waals surface area contributed by atoms with Gasteiger partial charge in [-0.1, -0.05) is 0 Å². The monoisotopic (exact) mass is 242 g/mol. The molecule has 0 atom stereocenters. The SMILES string of the molecule is O=[Te]=O.[O]=[Ti]=[O]. The van der Waals surface area contributed by atoms with Crippen LogP contribution in [0.15, 0.2) is 0 Å². The average Bonchev–Trinajstić information content (AvgIpc) is 1.39. The minimum absolute atomic E-state index is 2.00. The summed E-state index contributed by atoms with van der Waals surface area (Å²) in [5, 5.41) is 0. The van der Waals surface area contributed by atoms with E-state index < -0.39 is 40.0 Å². The summed E-state index contributed by atoms with van der Waals surface area (Å²) in [7, 11) is 0. The molecular weight excluding hydrogens is 239 g/mol. The van der Waals surface area contributed by atoms with Gasteiger partial charge in [0.25, 0.3) is 0 Å². The van der Waals surface area contributed by atoms with E-state index in [1.165, 1.54) is 0 Å². The third-order valence-electron chi connectivity index (χ3n) is 0. The van der Waals surface area contributed by atoms with Gasteiger partial charge in [-0.15, -0.1) is 0 Å². The van der Waals surface area contributed by atoms with E-state index in [0.29, 0.717) is 0 Å². The summed E-state index contributed by atoms with van der Waals surface area (Å²) in [6, 6.07) is 0. The summed E-state index contributed by atoms with van der Waals surface area (Å²) in [5.74, 6) is 0. The zero-order valence-corrected chi connectivity index (χ0v) is 6.43. The van der Waals surface area contributed by atoms with Crippen LogP contribution in [0.1, 0.15) is 0 Å². The van der Waals surface area contributed by atoms with Crippen molar-refractivity contribution in [3.8, 4) is 0 Å². The molecule has 0 bridgehead atoms. The van der Waals surface area contributed by atoms with Crippen LogP contribution in [0.4, 0.5) is 0 Å². The molecular formula is O4TeTi. The Labute approximate surface area is 52.7 Å². The molecule has 0 aromatic rings. The fourth-order valence-corrected chi connectivity index (χ4v) is 0.